The van der Waals surface area contributed by atoms with Gasteiger partial charge in [0.1, 0.15) is 5.03 Å². The third kappa shape index (κ3) is 6.08. The van der Waals surface area contributed by atoms with E-state index in [1.54, 1.807) is 23.2 Å². The number of piperazine rings is 1. The summed E-state index contributed by atoms with van der Waals surface area (Å²) in [6.45, 7) is 3.61. The van der Waals surface area contributed by atoms with Crippen molar-refractivity contribution in [3.63, 3.8) is 0 Å². The highest BCUT2D eigenvalue weighted by Crippen LogP contribution is 2.25. The average Bonchev–Trinajstić information content (AvgIpc) is 2.75. The summed E-state index contributed by atoms with van der Waals surface area (Å²) in [5.74, 6) is -1.46. The fourth-order valence-electron chi connectivity index (χ4n) is 3.12. The molecule has 1 fully saturated rings. The smallest absolute Gasteiger partial charge is 0.301 e. The zero-order chi connectivity index (χ0) is 20.6. The Morgan fingerprint density at radius 2 is 1.72 bits per heavy atom. The Balaban J connectivity index is 1.56. The van der Waals surface area contributed by atoms with Crippen LogP contribution in [0.4, 0.5) is 13.2 Å². The number of allylic oxidation sites excluding steroid dienone is 1. The number of carbonyl (C=O) groups is 1. The van der Waals surface area contributed by atoms with Crippen LogP contribution in [0.1, 0.15) is 22.3 Å². The van der Waals surface area contributed by atoms with E-state index in [9.17, 15) is 18.0 Å². The molecule has 1 aromatic heterocycles. The number of nitrogens with zero attached hydrogens (tertiary/aromatic N) is 3. The van der Waals surface area contributed by atoms with Gasteiger partial charge in [-0.2, -0.15) is 8.78 Å². The van der Waals surface area contributed by atoms with Crippen LogP contribution < -0.4 is 0 Å². The summed E-state index contributed by atoms with van der Waals surface area (Å²) in [6.07, 6.45) is -1.15. The highest BCUT2D eigenvalue weighted by atomic mass is 32.2. The van der Waals surface area contributed by atoms with E-state index >= 15 is 0 Å². The summed E-state index contributed by atoms with van der Waals surface area (Å²) < 4.78 is 37.4. The number of benzene rings is 1. The first-order valence-corrected chi connectivity index (χ1v) is 10.4. The molecule has 0 radical (unpaired) electrons. The van der Waals surface area contributed by atoms with Gasteiger partial charge >= 0.3 is 6.08 Å². The normalized spacial score (nSPS) is 14.7. The van der Waals surface area contributed by atoms with Gasteiger partial charge in [-0.3, -0.25) is 9.69 Å². The molecule has 0 spiro atoms. The number of thioether (sulfide) groups is 1. The quantitative estimate of drug-likeness (QED) is 0.613. The van der Waals surface area contributed by atoms with Crippen LogP contribution in [-0.4, -0.2) is 52.6 Å². The molecule has 1 amide bonds. The minimum absolute atomic E-state index is 0.0886. The molecule has 2 aromatic rings. The van der Waals surface area contributed by atoms with E-state index in [0.717, 1.165) is 31.4 Å². The molecule has 0 unspecified atom stereocenters. The SMILES string of the molecule is O=C(c1cccnc1SCCC(F)=C(F)F)N1CCN(Cc2ccccc2)CC1. The highest BCUT2D eigenvalue weighted by Gasteiger charge is 2.24. The van der Waals surface area contributed by atoms with E-state index in [1.807, 2.05) is 18.2 Å². The second-order valence-corrected chi connectivity index (χ2v) is 7.76. The van der Waals surface area contributed by atoms with Crippen molar-refractivity contribution in [1.29, 1.82) is 0 Å². The molecule has 0 bridgehead atoms. The van der Waals surface area contributed by atoms with Crippen molar-refractivity contribution in [3.05, 3.63) is 71.7 Å². The van der Waals surface area contributed by atoms with Crippen LogP contribution in [0.2, 0.25) is 0 Å². The van der Waals surface area contributed by atoms with Crippen LogP contribution in [0.3, 0.4) is 0 Å². The monoisotopic (exact) mass is 421 g/mol. The molecule has 154 valence electrons. The average molecular weight is 421 g/mol. The molecule has 4 nitrogen and oxygen atoms in total. The topological polar surface area (TPSA) is 36.4 Å². The molecule has 0 aliphatic carbocycles. The number of amides is 1. The van der Waals surface area contributed by atoms with Gasteiger partial charge in [0.15, 0.2) is 5.83 Å². The fourth-order valence-corrected chi connectivity index (χ4v) is 4.04. The number of hydrogen-bond donors (Lipinski definition) is 0. The van der Waals surface area contributed by atoms with Crippen LogP contribution >= 0.6 is 11.8 Å². The number of aromatic nitrogens is 1. The van der Waals surface area contributed by atoms with Crippen molar-refractivity contribution in [3.8, 4) is 0 Å². The van der Waals surface area contributed by atoms with Gasteiger partial charge in [0, 0.05) is 51.1 Å². The first-order valence-electron chi connectivity index (χ1n) is 9.37. The Morgan fingerprint density at radius 1 is 1.00 bits per heavy atom. The molecule has 0 saturated carbocycles. The maximum absolute atomic E-state index is 13.0. The van der Waals surface area contributed by atoms with Crippen LogP contribution in [-0.2, 0) is 6.54 Å². The Labute approximate surface area is 172 Å². The van der Waals surface area contributed by atoms with E-state index < -0.39 is 18.3 Å². The lowest BCUT2D eigenvalue weighted by Gasteiger charge is -2.35. The number of rotatable bonds is 7. The zero-order valence-electron chi connectivity index (χ0n) is 15.9. The van der Waals surface area contributed by atoms with E-state index in [-0.39, 0.29) is 11.7 Å². The van der Waals surface area contributed by atoms with Gasteiger partial charge in [-0.25, -0.2) is 9.37 Å². The predicted octanol–water partition coefficient (Wildman–Crippen LogP) is 4.60. The Bertz CT molecular complexity index is 851. The second kappa shape index (κ2) is 10.5. The summed E-state index contributed by atoms with van der Waals surface area (Å²) in [5, 5.41) is 0.441. The summed E-state index contributed by atoms with van der Waals surface area (Å²) in [4.78, 5) is 21.2. The van der Waals surface area contributed by atoms with Crippen molar-refractivity contribution in [2.45, 2.75) is 18.0 Å². The number of hydrogen-bond acceptors (Lipinski definition) is 4. The van der Waals surface area contributed by atoms with Crippen molar-refractivity contribution in [1.82, 2.24) is 14.8 Å². The van der Waals surface area contributed by atoms with Crippen LogP contribution in [0, 0.1) is 0 Å². The van der Waals surface area contributed by atoms with E-state index in [2.05, 4.69) is 22.0 Å². The standard InChI is InChI=1S/C21H22F3N3OS/c22-18(19(23)24)8-14-29-20-17(7-4-9-25-20)21(28)27-12-10-26(11-13-27)15-16-5-2-1-3-6-16/h1-7,9H,8,10-15H2. The summed E-state index contributed by atoms with van der Waals surface area (Å²) in [6, 6.07) is 13.5. The highest BCUT2D eigenvalue weighted by molar-refractivity contribution is 7.99. The number of halogens is 3. The largest absolute Gasteiger partial charge is 0.336 e. The van der Waals surface area contributed by atoms with Crippen molar-refractivity contribution in [2.75, 3.05) is 31.9 Å². The van der Waals surface area contributed by atoms with Gasteiger partial charge in [0.2, 0.25) is 0 Å². The molecular formula is C21H22F3N3OS. The minimum Gasteiger partial charge on any atom is -0.336 e. The molecule has 0 N–H and O–H groups in total. The lowest BCUT2D eigenvalue weighted by molar-refractivity contribution is 0.0624. The Morgan fingerprint density at radius 3 is 2.41 bits per heavy atom. The van der Waals surface area contributed by atoms with Crippen LogP contribution in [0.5, 0.6) is 0 Å². The summed E-state index contributed by atoms with van der Waals surface area (Å²) >= 11 is 1.11. The third-order valence-electron chi connectivity index (χ3n) is 4.68. The van der Waals surface area contributed by atoms with E-state index in [1.165, 1.54) is 5.56 Å². The number of pyridine rings is 1. The number of carbonyl (C=O) groups excluding carboxylic acids is 1. The van der Waals surface area contributed by atoms with Crippen molar-refractivity contribution >= 4 is 17.7 Å². The molecule has 1 aliphatic rings. The van der Waals surface area contributed by atoms with Crippen molar-refractivity contribution in [2.24, 2.45) is 0 Å². The van der Waals surface area contributed by atoms with Gasteiger partial charge in [0.25, 0.3) is 5.91 Å². The minimum atomic E-state index is -2.30. The molecule has 1 aliphatic heterocycles. The molecule has 29 heavy (non-hydrogen) atoms. The third-order valence-corrected chi connectivity index (χ3v) is 5.68. The maximum atomic E-state index is 13.0. The summed E-state index contributed by atoms with van der Waals surface area (Å²) in [5.41, 5.74) is 1.67. The van der Waals surface area contributed by atoms with Gasteiger partial charge in [-0.15, -0.1) is 11.8 Å². The maximum Gasteiger partial charge on any atom is 0.301 e. The molecular weight excluding hydrogens is 399 g/mol. The van der Waals surface area contributed by atoms with Gasteiger partial charge < -0.3 is 4.90 Å². The molecule has 1 saturated heterocycles. The molecule has 8 heteroatoms. The van der Waals surface area contributed by atoms with Gasteiger partial charge in [-0.05, 0) is 17.7 Å². The van der Waals surface area contributed by atoms with E-state index in [4.69, 9.17) is 0 Å². The Hall–Kier alpha value is -2.32. The fraction of sp³-hybridized carbons (Fsp3) is 0.333. The van der Waals surface area contributed by atoms with Crippen LogP contribution in [0.15, 0.2) is 65.6 Å². The zero-order valence-corrected chi connectivity index (χ0v) is 16.7. The van der Waals surface area contributed by atoms with Gasteiger partial charge in [-0.1, -0.05) is 30.3 Å². The van der Waals surface area contributed by atoms with Crippen LogP contribution in [0.25, 0.3) is 0 Å². The predicted molar refractivity (Wildman–Crippen MR) is 108 cm³/mol. The molecule has 2 heterocycles. The summed E-state index contributed by atoms with van der Waals surface area (Å²) in [7, 11) is 0. The lowest BCUT2D eigenvalue weighted by Crippen LogP contribution is -2.48. The Kier molecular flexibility index (Phi) is 7.71. The second-order valence-electron chi connectivity index (χ2n) is 6.67. The lowest BCUT2D eigenvalue weighted by atomic mass is 10.2. The van der Waals surface area contributed by atoms with Gasteiger partial charge in [0.05, 0.1) is 5.56 Å². The van der Waals surface area contributed by atoms with E-state index in [0.29, 0.717) is 23.7 Å². The molecule has 0 atom stereocenters. The van der Waals surface area contributed by atoms with Crippen molar-refractivity contribution < 1.29 is 18.0 Å². The first-order chi connectivity index (χ1) is 14.0. The first kappa shape index (κ1) is 21.4. The molecule has 3 rings (SSSR count). The molecule has 1 aromatic carbocycles.